The molecule has 6 heteroatoms. The van der Waals surface area contributed by atoms with Crippen LogP contribution >= 0.6 is 11.3 Å². The van der Waals surface area contributed by atoms with Crippen LogP contribution in [-0.4, -0.2) is 22.1 Å². The van der Waals surface area contributed by atoms with E-state index in [0.717, 1.165) is 11.3 Å². The molecule has 0 saturated heterocycles. The first kappa shape index (κ1) is 16.0. The summed E-state index contributed by atoms with van der Waals surface area (Å²) < 4.78 is 32.5. The molecule has 1 N–H and O–H groups in total. The van der Waals surface area contributed by atoms with Gasteiger partial charge in [-0.15, -0.1) is 11.3 Å². The number of methoxy groups -OCH3 is 1. The predicted molar refractivity (Wildman–Crippen MR) is 85.5 cm³/mol. The van der Waals surface area contributed by atoms with Crippen LogP contribution in [0, 0.1) is 0 Å². The summed E-state index contributed by atoms with van der Waals surface area (Å²) in [7, 11) is -1.81. The normalized spacial score (nSPS) is 12.3. The lowest BCUT2D eigenvalue weighted by atomic mass is 9.85. The van der Waals surface area contributed by atoms with Crippen molar-refractivity contribution in [1.82, 2.24) is 4.72 Å². The van der Waals surface area contributed by atoms with E-state index >= 15 is 0 Å². The quantitative estimate of drug-likeness (QED) is 0.888. The maximum absolute atomic E-state index is 12.2. The number of ether oxygens (including phenoxy) is 1. The highest BCUT2D eigenvalue weighted by Crippen LogP contribution is 2.25. The summed E-state index contributed by atoms with van der Waals surface area (Å²) in [6, 6.07) is 11.0. The van der Waals surface area contributed by atoms with E-state index in [9.17, 15) is 8.42 Å². The van der Waals surface area contributed by atoms with E-state index < -0.39 is 10.0 Å². The zero-order chi connectivity index (χ0) is 15.5. The van der Waals surface area contributed by atoms with Gasteiger partial charge in [0, 0.05) is 12.0 Å². The van der Waals surface area contributed by atoms with Crippen molar-refractivity contribution < 1.29 is 13.2 Å². The molecule has 1 aromatic heterocycles. The molecule has 0 atom stereocenters. The van der Waals surface area contributed by atoms with Gasteiger partial charge in [0.05, 0.1) is 7.11 Å². The molecule has 0 amide bonds. The van der Waals surface area contributed by atoms with Gasteiger partial charge in [-0.05, 0) is 29.1 Å². The molecule has 0 fully saturated rings. The van der Waals surface area contributed by atoms with Crippen molar-refractivity contribution in [3.05, 3.63) is 47.3 Å². The Bertz CT molecular complexity index is 674. The van der Waals surface area contributed by atoms with Gasteiger partial charge in [-0.1, -0.05) is 32.0 Å². The Morgan fingerprint density at radius 1 is 1.19 bits per heavy atom. The van der Waals surface area contributed by atoms with E-state index in [1.807, 2.05) is 38.1 Å². The van der Waals surface area contributed by atoms with Gasteiger partial charge in [-0.25, -0.2) is 13.1 Å². The van der Waals surface area contributed by atoms with Crippen LogP contribution in [0.5, 0.6) is 5.75 Å². The maximum atomic E-state index is 12.2. The average molecular weight is 325 g/mol. The van der Waals surface area contributed by atoms with E-state index in [4.69, 9.17) is 4.74 Å². The molecule has 1 aromatic carbocycles. The molecule has 2 aromatic rings. The molecule has 0 saturated carbocycles. The Kier molecular flexibility index (Phi) is 4.70. The Morgan fingerprint density at radius 2 is 1.86 bits per heavy atom. The smallest absolute Gasteiger partial charge is 0.250 e. The minimum Gasteiger partial charge on any atom is -0.497 e. The number of hydrogen-bond acceptors (Lipinski definition) is 4. The van der Waals surface area contributed by atoms with Gasteiger partial charge < -0.3 is 4.74 Å². The summed E-state index contributed by atoms with van der Waals surface area (Å²) in [5.74, 6) is 0.786. The minimum absolute atomic E-state index is 0.309. The van der Waals surface area contributed by atoms with Gasteiger partial charge in [-0.3, -0.25) is 0 Å². The van der Waals surface area contributed by atoms with Crippen molar-refractivity contribution in [3.63, 3.8) is 0 Å². The Morgan fingerprint density at radius 3 is 2.38 bits per heavy atom. The van der Waals surface area contributed by atoms with Gasteiger partial charge in [0.25, 0.3) is 0 Å². The second-order valence-corrected chi connectivity index (χ2v) is 8.31. The highest BCUT2D eigenvalue weighted by molar-refractivity contribution is 7.91. The molecule has 4 nitrogen and oxygen atoms in total. The molecule has 21 heavy (non-hydrogen) atoms. The molecule has 0 spiro atoms. The number of benzene rings is 1. The second kappa shape index (κ2) is 6.17. The third-order valence-corrected chi connectivity index (χ3v) is 6.13. The fourth-order valence-corrected chi connectivity index (χ4v) is 4.16. The van der Waals surface area contributed by atoms with Gasteiger partial charge in [-0.2, -0.15) is 0 Å². The Hall–Kier alpha value is -1.37. The maximum Gasteiger partial charge on any atom is 0.250 e. The van der Waals surface area contributed by atoms with Crippen LogP contribution in [0.15, 0.2) is 46.0 Å². The van der Waals surface area contributed by atoms with Crippen molar-refractivity contribution in [2.75, 3.05) is 13.7 Å². The molecule has 0 aliphatic rings. The fraction of sp³-hybridized carbons (Fsp3) is 0.333. The number of nitrogens with one attached hydrogen (secondary N) is 1. The summed E-state index contributed by atoms with van der Waals surface area (Å²) in [6.07, 6.45) is 0. The van der Waals surface area contributed by atoms with Gasteiger partial charge in [0.15, 0.2) is 0 Å². The van der Waals surface area contributed by atoms with E-state index in [1.54, 1.807) is 24.6 Å². The van der Waals surface area contributed by atoms with Crippen LogP contribution in [0.2, 0.25) is 0 Å². The van der Waals surface area contributed by atoms with Crippen LogP contribution in [0.3, 0.4) is 0 Å². The molecule has 1 heterocycles. The van der Waals surface area contributed by atoms with E-state index in [1.165, 1.54) is 11.3 Å². The molecule has 2 rings (SSSR count). The lowest BCUT2D eigenvalue weighted by molar-refractivity contribution is 0.414. The van der Waals surface area contributed by atoms with Gasteiger partial charge in [0.1, 0.15) is 9.96 Å². The van der Waals surface area contributed by atoms with Crippen LogP contribution in [0.4, 0.5) is 0 Å². The minimum atomic E-state index is -3.43. The zero-order valence-corrected chi connectivity index (χ0v) is 13.9. The topological polar surface area (TPSA) is 55.4 Å². The summed E-state index contributed by atoms with van der Waals surface area (Å²) in [4.78, 5) is 0. The zero-order valence-electron chi connectivity index (χ0n) is 12.3. The summed E-state index contributed by atoms with van der Waals surface area (Å²) in [5.41, 5.74) is 0.744. The van der Waals surface area contributed by atoms with Crippen molar-refractivity contribution in [3.8, 4) is 5.75 Å². The molecule has 0 aliphatic carbocycles. The van der Waals surface area contributed by atoms with Crippen molar-refractivity contribution in [2.45, 2.75) is 23.5 Å². The number of thiophene rings is 1. The first-order valence-corrected chi connectivity index (χ1v) is 8.89. The van der Waals surface area contributed by atoms with Crippen LogP contribution in [0.25, 0.3) is 0 Å². The van der Waals surface area contributed by atoms with Crippen molar-refractivity contribution >= 4 is 21.4 Å². The van der Waals surface area contributed by atoms with Crippen molar-refractivity contribution in [1.29, 1.82) is 0 Å². The summed E-state index contributed by atoms with van der Waals surface area (Å²) in [6.45, 7) is 4.34. The van der Waals surface area contributed by atoms with E-state index in [0.29, 0.717) is 10.8 Å². The Labute approximate surface area is 129 Å². The van der Waals surface area contributed by atoms with Crippen LogP contribution < -0.4 is 9.46 Å². The van der Waals surface area contributed by atoms with Crippen LogP contribution in [0.1, 0.15) is 19.4 Å². The number of rotatable bonds is 6. The molecule has 0 radical (unpaired) electrons. The fourth-order valence-electron chi connectivity index (χ4n) is 1.91. The number of hydrogen-bond donors (Lipinski definition) is 1. The van der Waals surface area contributed by atoms with E-state index in [2.05, 4.69) is 4.72 Å². The third kappa shape index (κ3) is 3.84. The average Bonchev–Trinajstić information content (AvgIpc) is 3.01. The molecular weight excluding hydrogens is 306 g/mol. The van der Waals surface area contributed by atoms with Gasteiger partial charge in [0.2, 0.25) is 10.0 Å². The Balaban J connectivity index is 2.10. The third-order valence-electron chi connectivity index (χ3n) is 3.34. The van der Waals surface area contributed by atoms with Crippen LogP contribution in [-0.2, 0) is 15.4 Å². The molecular formula is C15H19NO3S2. The highest BCUT2D eigenvalue weighted by Gasteiger charge is 2.24. The number of sulfonamides is 1. The SMILES string of the molecule is COc1ccc(C(C)(C)CNS(=O)(=O)c2cccs2)cc1. The van der Waals surface area contributed by atoms with Crippen molar-refractivity contribution in [2.24, 2.45) is 0 Å². The monoisotopic (exact) mass is 325 g/mol. The largest absolute Gasteiger partial charge is 0.497 e. The second-order valence-electron chi connectivity index (χ2n) is 5.37. The summed E-state index contributed by atoms with van der Waals surface area (Å²) >= 11 is 1.21. The van der Waals surface area contributed by atoms with Gasteiger partial charge >= 0.3 is 0 Å². The first-order valence-electron chi connectivity index (χ1n) is 6.53. The molecule has 0 bridgehead atoms. The van der Waals surface area contributed by atoms with E-state index in [-0.39, 0.29) is 5.41 Å². The first-order chi connectivity index (χ1) is 9.85. The lowest BCUT2D eigenvalue weighted by Crippen LogP contribution is -2.36. The lowest BCUT2D eigenvalue weighted by Gasteiger charge is -2.25. The standard InChI is InChI=1S/C15H19NO3S2/c1-15(2,12-6-8-13(19-3)9-7-12)11-16-21(17,18)14-5-4-10-20-14/h4-10,16H,11H2,1-3H3. The highest BCUT2D eigenvalue weighted by atomic mass is 32.2. The molecule has 0 aliphatic heterocycles. The predicted octanol–water partition coefficient (Wildman–Crippen LogP) is 3.01. The molecule has 0 unspecified atom stereocenters. The molecule has 114 valence electrons. The summed E-state index contributed by atoms with van der Waals surface area (Å²) in [5, 5.41) is 1.75.